The standard InChI is InChI=1S/C16H18N4/c1-3-17-11-13-10-16(20-9-8-12(2)19-20)18-15-7-5-4-6-14(13)15/h4-10,17H,3,11H2,1-2H3. The van der Waals surface area contributed by atoms with Crippen LogP contribution in [0.3, 0.4) is 0 Å². The van der Waals surface area contributed by atoms with Crippen molar-refractivity contribution in [2.45, 2.75) is 20.4 Å². The number of rotatable bonds is 4. The molecular formula is C16H18N4. The van der Waals surface area contributed by atoms with Crippen molar-refractivity contribution >= 4 is 10.9 Å². The van der Waals surface area contributed by atoms with Crippen molar-refractivity contribution < 1.29 is 0 Å². The molecule has 2 heterocycles. The van der Waals surface area contributed by atoms with Gasteiger partial charge in [-0.25, -0.2) is 9.67 Å². The van der Waals surface area contributed by atoms with Crippen LogP contribution in [-0.4, -0.2) is 21.3 Å². The quantitative estimate of drug-likeness (QED) is 0.789. The Kier molecular flexibility index (Phi) is 3.48. The molecule has 3 rings (SSSR count). The number of hydrogen-bond donors (Lipinski definition) is 1. The molecule has 3 aromatic rings. The molecule has 0 amide bonds. The minimum Gasteiger partial charge on any atom is -0.313 e. The number of nitrogens with zero attached hydrogens (tertiary/aromatic N) is 3. The molecule has 0 radical (unpaired) electrons. The summed E-state index contributed by atoms with van der Waals surface area (Å²) in [5.41, 5.74) is 3.25. The van der Waals surface area contributed by atoms with Gasteiger partial charge in [0.25, 0.3) is 0 Å². The normalized spacial score (nSPS) is 11.1. The summed E-state index contributed by atoms with van der Waals surface area (Å²) in [5.74, 6) is 0.865. The molecule has 0 atom stereocenters. The lowest BCUT2D eigenvalue weighted by molar-refractivity contribution is 0.727. The number of nitrogens with one attached hydrogen (secondary N) is 1. The Balaban J connectivity index is 2.14. The van der Waals surface area contributed by atoms with Gasteiger partial charge in [0.05, 0.1) is 11.2 Å². The molecule has 0 aliphatic carbocycles. The van der Waals surface area contributed by atoms with Crippen molar-refractivity contribution in [1.82, 2.24) is 20.1 Å². The van der Waals surface area contributed by atoms with Gasteiger partial charge in [-0.1, -0.05) is 25.1 Å². The van der Waals surface area contributed by atoms with Crippen LogP contribution in [0.2, 0.25) is 0 Å². The zero-order valence-corrected chi connectivity index (χ0v) is 11.8. The Hall–Kier alpha value is -2.20. The number of aryl methyl sites for hydroxylation is 1. The third kappa shape index (κ3) is 2.42. The molecule has 2 aromatic heterocycles. The van der Waals surface area contributed by atoms with Gasteiger partial charge in [-0.05, 0) is 37.2 Å². The van der Waals surface area contributed by atoms with E-state index in [1.54, 1.807) is 0 Å². The molecule has 0 aliphatic heterocycles. The van der Waals surface area contributed by atoms with E-state index in [1.807, 2.05) is 36.0 Å². The first-order valence-electron chi connectivity index (χ1n) is 6.90. The monoisotopic (exact) mass is 266 g/mol. The largest absolute Gasteiger partial charge is 0.313 e. The van der Waals surface area contributed by atoms with Gasteiger partial charge in [0, 0.05) is 18.1 Å². The number of pyridine rings is 1. The highest BCUT2D eigenvalue weighted by Crippen LogP contribution is 2.20. The number of benzene rings is 1. The summed E-state index contributed by atoms with van der Waals surface area (Å²) in [7, 11) is 0. The summed E-state index contributed by atoms with van der Waals surface area (Å²) < 4.78 is 1.83. The van der Waals surface area contributed by atoms with E-state index >= 15 is 0 Å². The molecule has 0 fully saturated rings. The number of aromatic nitrogens is 3. The first-order valence-corrected chi connectivity index (χ1v) is 6.90. The van der Waals surface area contributed by atoms with Crippen molar-refractivity contribution in [2.75, 3.05) is 6.54 Å². The van der Waals surface area contributed by atoms with Gasteiger partial charge < -0.3 is 5.32 Å². The smallest absolute Gasteiger partial charge is 0.154 e. The van der Waals surface area contributed by atoms with Gasteiger partial charge in [0.15, 0.2) is 5.82 Å². The van der Waals surface area contributed by atoms with E-state index in [4.69, 9.17) is 4.98 Å². The molecule has 102 valence electrons. The molecule has 0 bridgehead atoms. The van der Waals surface area contributed by atoms with Crippen LogP contribution in [0.15, 0.2) is 42.6 Å². The van der Waals surface area contributed by atoms with Crippen LogP contribution in [-0.2, 0) is 6.54 Å². The third-order valence-electron chi connectivity index (χ3n) is 3.31. The van der Waals surface area contributed by atoms with Crippen molar-refractivity contribution in [3.8, 4) is 5.82 Å². The summed E-state index contributed by atoms with van der Waals surface area (Å²) in [4.78, 5) is 4.70. The van der Waals surface area contributed by atoms with Gasteiger partial charge in [-0.3, -0.25) is 0 Å². The van der Waals surface area contributed by atoms with E-state index in [-0.39, 0.29) is 0 Å². The zero-order chi connectivity index (χ0) is 13.9. The molecule has 0 unspecified atom stereocenters. The van der Waals surface area contributed by atoms with Gasteiger partial charge in [0.1, 0.15) is 0 Å². The van der Waals surface area contributed by atoms with Crippen LogP contribution in [0, 0.1) is 6.92 Å². The Morgan fingerprint density at radius 1 is 1.20 bits per heavy atom. The van der Waals surface area contributed by atoms with Crippen LogP contribution in [0.5, 0.6) is 0 Å². The van der Waals surface area contributed by atoms with E-state index in [0.717, 1.165) is 30.1 Å². The van der Waals surface area contributed by atoms with E-state index in [9.17, 15) is 0 Å². The van der Waals surface area contributed by atoms with Gasteiger partial charge in [-0.15, -0.1) is 0 Å². The summed E-state index contributed by atoms with van der Waals surface area (Å²) in [6.07, 6.45) is 1.95. The van der Waals surface area contributed by atoms with Crippen LogP contribution in [0.25, 0.3) is 16.7 Å². The Labute approximate surface area is 118 Å². The summed E-state index contributed by atoms with van der Waals surface area (Å²) in [6.45, 7) is 5.89. The van der Waals surface area contributed by atoms with Crippen molar-refractivity contribution in [1.29, 1.82) is 0 Å². The first-order chi connectivity index (χ1) is 9.78. The predicted molar refractivity (Wildman–Crippen MR) is 81.0 cm³/mol. The summed E-state index contributed by atoms with van der Waals surface area (Å²) in [6, 6.07) is 12.3. The highest BCUT2D eigenvalue weighted by atomic mass is 15.3. The summed E-state index contributed by atoms with van der Waals surface area (Å²) >= 11 is 0. The molecule has 0 saturated heterocycles. The second kappa shape index (κ2) is 5.43. The minimum atomic E-state index is 0.840. The van der Waals surface area contributed by atoms with Crippen molar-refractivity contribution in [2.24, 2.45) is 0 Å². The lowest BCUT2D eigenvalue weighted by Crippen LogP contribution is -2.13. The maximum absolute atomic E-state index is 4.70. The van der Waals surface area contributed by atoms with E-state index in [2.05, 4.69) is 35.5 Å². The average molecular weight is 266 g/mol. The first kappa shape index (κ1) is 12.8. The maximum atomic E-state index is 4.70. The van der Waals surface area contributed by atoms with Crippen molar-refractivity contribution in [3.63, 3.8) is 0 Å². The lowest BCUT2D eigenvalue weighted by Gasteiger charge is -2.10. The Morgan fingerprint density at radius 3 is 2.80 bits per heavy atom. The van der Waals surface area contributed by atoms with E-state index in [0.29, 0.717) is 0 Å². The third-order valence-corrected chi connectivity index (χ3v) is 3.31. The predicted octanol–water partition coefficient (Wildman–Crippen LogP) is 2.84. The minimum absolute atomic E-state index is 0.840. The fourth-order valence-electron chi connectivity index (χ4n) is 2.30. The van der Waals surface area contributed by atoms with Gasteiger partial charge in [-0.2, -0.15) is 5.10 Å². The second-order valence-electron chi connectivity index (χ2n) is 4.84. The van der Waals surface area contributed by atoms with Gasteiger partial charge >= 0.3 is 0 Å². The van der Waals surface area contributed by atoms with Crippen LogP contribution in [0.4, 0.5) is 0 Å². The number of para-hydroxylation sites is 1. The average Bonchev–Trinajstić information content (AvgIpc) is 2.91. The van der Waals surface area contributed by atoms with E-state index in [1.165, 1.54) is 10.9 Å². The molecular weight excluding hydrogens is 248 g/mol. The van der Waals surface area contributed by atoms with Crippen LogP contribution in [0.1, 0.15) is 18.2 Å². The van der Waals surface area contributed by atoms with Crippen LogP contribution >= 0.6 is 0 Å². The Bertz CT molecular complexity index is 730. The maximum Gasteiger partial charge on any atom is 0.154 e. The van der Waals surface area contributed by atoms with Crippen molar-refractivity contribution in [3.05, 3.63) is 53.9 Å². The molecule has 0 saturated carbocycles. The van der Waals surface area contributed by atoms with E-state index < -0.39 is 0 Å². The SMILES string of the molecule is CCNCc1cc(-n2ccc(C)n2)nc2ccccc12. The lowest BCUT2D eigenvalue weighted by atomic mass is 10.1. The highest BCUT2D eigenvalue weighted by Gasteiger charge is 2.07. The van der Waals surface area contributed by atoms with Crippen LogP contribution < -0.4 is 5.32 Å². The fraction of sp³-hybridized carbons (Fsp3) is 0.250. The fourth-order valence-corrected chi connectivity index (χ4v) is 2.30. The zero-order valence-electron chi connectivity index (χ0n) is 11.8. The number of fused-ring (bicyclic) bond motifs is 1. The molecule has 20 heavy (non-hydrogen) atoms. The molecule has 0 aliphatic rings. The molecule has 4 nitrogen and oxygen atoms in total. The highest BCUT2D eigenvalue weighted by molar-refractivity contribution is 5.83. The molecule has 4 heteroatoms. The Morgan fingerprint density at radius 2 is 2.05 bits per heavy atom. The topological polar surface area (TPSA) is 42.7 Å². The second-order valence-corrected chi connectivity index (χ2v) is 4.84. The molecule has 1 aromatic carbocycles. The summed E-state index contributed by atoms with van der Waals surface area (Å²) in [5, 5.41) is 9.02. The number of hydrogen-bond acceptors (Lipinski definition) is 3. The molecule has 0 spiro atoms. The van der Waals surface area contributed by atoms with Gasteiger partial charge in [0.2, 0.25) is 0 Å². The molecule has 1 N–H and O–H groups in total.